The van der Waals surface area contributed by atoms with Crippen LogP contribution in [0.4, 0.5) is 4.39 Å². The molecule has 1 aliphatic rings. The van der Waals surface area contributed by atoms with Crippen molar-refractivity contribution in [2.75, 3.05) is 0 Å². The van der Waals surface area contributed by atoms with Gasteiger partial charge >= 0.3 is 0 Å². The highest BCUT2D eigenvalue weighted by Gasteiger charge is 2.45. The molecule has 3 aromatic heterocycles. The van der Waals surface area contributed by atoms with Crippen LogP contribution in [-0.2, 0) is 5.54 Å². The highest BCUT2D eigenvalue weighted by molar-refractivity contribution is 5.66. The predicted molar refractivity (Wildman–Crippen MR) is 108 cm³/mol. The van der Waals surface area contributed by atoms with Crippen LogP contribution >= 0.6 is 0 Å². The van der Waals surface area contributed by atoms with E-state index in [2.05, 4.69) is 20.3 Å². The van der Waals surface area contributed by atoms with E-state index in [0.717, 1.165) is 27.9 Å². The lowest BCUT2D eigenvalue weighted by Crippen LogP contribution is -2.42. The van der Waals surface area contributed by atoms with Crippen LogP contribution in [0.25, 0.3) is 11.1 Å². The Morgan fingerprint density at radius 3 is 2.48 bits per heavy atom. The fraction of sp³-hybridized carbons (Fsp3) is 0.0870. The lowest BCUT2D eigenvalue weighted by molar-refractivity contribution is 0.454. The molecule has 5 rings (SSSR count). The van der Waals surface area contributed by atoms with Crippen LogP contribution in [0, 0.1) is 5.95 Å². The molecule has 1 aromatic carbocycles. The monoisotopic (exact) mass is 383 g/mol. The van der Waals surface area contributed by atoms with Gasteiger partial charge in [-0.3, -0.25) is 15.3 Å². The Bertz CT molecular complexity index is 1180. The van der Waals surface area contributed by atoms with Gasteiger partial charge in [0.05, 0.1) is 11.2 Å². The van der Waals surface area contributed by atoms with E-state index in [-0.39, 0.29) is 0 Å². The maximum atomic E-state index is 14.3. The normalized spacial score (nSPS) is 20.4. The molecule has 3 N–H and O–H groups in total. The van der Waals surface area contributed by atoms with Crippen molar-refractivity contribution < 1.29 is 4.39 Å². The number of nitrogens with two attached hydrogens (primary N) is 1. The van der Waals surface area contributed by atoms with Gasteiger partial charge < -0.3 is 5.73 Å². The summed E-state index contributed by atoms with van der Waals surface area (Å²) < 4.78 is 14.3. The Balaban J connectivity index is 1.77. The molecule has 6 heteroatoms. The summed E-state index contributed by atoms with van der Waals surface area (Å²) in [7, 11) is 0. The predicted octanol–water partition coefficient (Wildman–Crippen LogP) is 3.53. The molecule has 4 heterocycles. The molecule has 4 aromatic rings. The number of fused-ring (bicyclic) bond motifs is 1. The van der Waals surface area contributed by atoms with E-state index in [9.17, 15) is 4.39 Å². The largest absolute Gasteiger partial charge is 0.311 e. The second-order valence-electron chi connectivity index (χ2n) is 6.97. The van der Waals surface area contributed by atoms with Gasteiger partial charge in [0.2, 0.25) is 5.95 Å². The first-order valence-electron chi connectivity index (χ1n) is 9.31. The van der Waals surface area contributed by atoms with E-state index in [4.69, 9.17) is 5.73 Å². The average molecular weight is 383 g/mol. The topological polar surface area (TPSA) is 76.7 Å². The molecular formula is C23H18FN5. The van der Waals surface area contributed by atoms with E-state index in [1.807, 2.05) is 48.5 Å². The quantitative estimate of drug-likeness (QED) is 0.529. The molecule has 142 valence electrons. The summed E-state index contributed by atoms with van der Waals surface area (Å²) in [4.78, 5) is 12.5. The van der Waals surface area contributed by atoms with Crippen molar-refractivity contribution in [3.8, 4) is 11.1 Å². The molecule has 0 amide bonds. The zero-order valence-corrected chi connectivity index (χ0v) is 15.5. The summed E-state index contributed by atoms with van der Waals surface area (Å²) in [6.07, 6.45) is 6.26. The maximum Gasteiger partial charge on any atom is 0.220 e. The molecule has 2 unspecified atom stereocenters. The second-order valence-corrected chi connectivity index (χ2v) is 6.97. The maximum absolute atomic E-state index is 14.3. The van der Waals surface area contributed by atoms with Gasteiger partial charge in [-0.2, -0.15) is 4.39 Å². The fourth-order valence-electron chi connectivity index (χ4n) is 4.13. The standard InChI is InChI=1S/C23H18FN5/c24-21-18(6-2-11-28-21)15-4-1-5-17(14-15)23(16-8-12-26-13-9-16)19-7-3-10-27-20(19)22(25)29-23/h1-14,22,29H,25H2. The van der Waals surface area contributed by atoms with Crippen LogP contribution in [-0.4, -0.2) is 15.0 Å². The van der Waals surface area contributed by atoms with Crippen LogP contribution in [0.3, 0.4) is 0 Å². The Labute approximate surface area is 167 Å². The first-order chi connectivity index (χ1) is 14.2. The molecule has 5 nitrogen and oxygen atoms in total. The van der Waals surface area contributed by atoms with Gasteiger partial charge in [0.15, 0.2) is 0 Å². The Hall–Kier alpha value is -3.48. The second kappa shape index (κ2) is 6.84. The van der Waals surface area contributed by atoms with Gasteiger partial charge in [-0.15, -0.1) is 0 Å². The van der Waals surface area contributed by atoms with Crippen molar-refractivity contribution in [2.24, 2.45) is 5.73 Å². The van der Waals surface area contributed by atoms with E-state index < -0.39 is 17.7 Å². The molecule has 0 radical (unpaired) electrons. The molecular weight excluding hydrogens is 365 g/mol. The SMILES string of the molecule is NC1NC(c2ccncc2)(c2cccc(-c3cccnc3F)c2)c2cccnc21. The number of aromatic nitrogens is 3. The third-order valence-corrected chi connectivity index (χ3v) is 5.39. The number of nitrogens with zero attached hydrogens (tertiary/aromatic N) is 3. The number of halogens is 1. The molecule has 0 saturated heterocycles. The van der Waals surface area contributed by atoms with Gasteiger partial charge in [-0.25, -0.2) is 4.98 Å². The molecule has 0 saturated carbocycles. The van der Waals surface area contributed by atoms with Crippen LogP contribution in [0.5, 0.6) is 0 Å². The summed E-state index contributed by atoms with van der Waals surface area (Å²) in [6, 6.07) is 19.1. The summed E-state index contributed by atoms with van der Waals surface area (Å²) in [5.41, 5.74) is 10.6. The first-order valence-corrected chi connectivity index (χ1v) is 9.31. The Kier molecular flexibility index (Phi) is 4.16. The van der Waals surface area contributed by atoms with Crippen molar-refractivity contribution in [1.29, 1.82) is 0 Å². The summed E-state index contributed by atoms with van der Waals surface area (Å²) >= 11 is 0. The molecule has 0 bridgehead atoms. The van der Waals surface area contributed by atoms with Crippen LogP contribution in [0.2, 0.25) is 0 Å². The minimum atomic E-state index is -0.722. The average Bonchev–Trinajstić information content (AvgIpc) is 3.09. The van der Waals surface area contributed by atoms with Crippen LogP contribution in [0.15, 0.2) is 85.5 Å². The molecule has 2 atom stereocenters. The zero-order valence-electron chi connectivity index (χ0n) is 15.5. The highest BCUT2D eigenvalue weighted by atomic mass is 19.1. The van der Waals surface area contributed by atoms with Gasteiger partial charge in [-0.1, -0.05) is 24.3 Å². The number of rotatable bonds is 3. The molecule has 1 aliphatic heterocycles. The van der Waals surface area contributed by atoms with Crippen molar-refractivity contribution in [3.63, 3.8) is 0 Å². The number of benzene rings is 1. The van der Waals surface area contributed by atoms with Crippen molar-refractivity contribution in [1.82, 2.24) is 20.3 Å². The van der Waals surface area contributed by atoms with E-state index in [0.29, 0.717) is 5.56 Å². The molecule has 0 aliphatic carbocycles. The Morgan fingerprint density at radius 1 is 0.862 bits per heavy atom. The van der Waals surface area contributed by atoms with Crippen LogP contribution in [0.1, 0.15) is 28.6 Å². The highest BCUT2D eigenvalue weighted by Crippen LogP contribution is 2.45. The number of hydrogen-bond donors (Lipinski definition) is 2. The molecule has 0 fully saturated rings. The molecule has 0 spiro atoms. The third kappa shape index (κ3) is 2.73. The number of pyridine rings is 3. The minimum absolute atomic E-state index is 0.432. The number of nitrogens with one attached hydrogen (secondary N) is 1. The van der Waals surface area contributed by atoms with Crippen molar-refractivity contribution in [3.05, 3.63) is 114 Å². The van der Waals surface area contributed by atoms with E-state index in [1.165, 1.54) is 6.20 Å². The first kappa shape index (κ1) is 17.6. The fourth-order valence-corrected chi connectivity index (χ4v) is 4.13. The molecule has 29 heavy (non-hydrogen) atoms. The smallest absolute Gasteiger partial charge is 0.220 e. The van der Waals surface area contributed by atoms with E-state index >= 15 is 0 Å². The summed E-state index contributed by atoms with van der Waals surface area (Å²) in [6.45, 7) is 0. The summed E-state index contributed by atoms with van der Waals surface area (Å²) in [5, 5.41) is 3.54. The number of hydrogen-bond acceptors (Lipinski definition) is 5. The summed E-state index contributed by atoms with van der Waals surface area (Å²) in [5.74, 6) is -0.499. The van der Waals surface area contributed by atoms with Gasteiger partial charge in [0, 0.05) is 35.9 Å². The third-order valence-electron chi connectivity index (χ3n) is 5.39. The zero-order chi connectivity index (χ0) is 19.8. The lowest BCUT2D eigenvalue weighted by Gasteiger charge is -2.33. The Morgan fingerprint density at radius 2 is 1.66 bits per heavy atom. The van der Waals surface area contributed by atoms with Crippen LogP contribution < -0.4 is 11.1 Å². The van der Waals surface area contributed by atoms with Gasteiger partial charge in [0.1, 0.15) is 6.17 Å². The van der Waals surface area contributed by atoms with Gasteiger partial charge in [-0.05, 0) is 53.1 Å². The lowest BCUT2D eigenvalue weighted by atomic mass is 9.78. The van der Waals surface area contributed by atoms with Crippen molar-refractivity contribution in [2.45, 2.75) is 11.7 Å². The minimum Gasteiger partial charge on any atom is -0.311 e. The van der Waals surface area contributed by atoms with Crippen molar-refractivity contribution >= 4 is 0 Å². The van der Waals surface area contributed by atoms with Gasteiger partial charge in [0.25, 0.3) is 0 Å². The van der Waals surface area contributed by atoms with E-state index in [1.54, 1.807) is 30.7 Å².